The molecule has 0 heterocycles. The highest BCUT2D eigenvalue weighted by molar-refractivity contribution is 5.27. The molecule has 2 unspecified atom stereocenters. The molecule has 0 aromatic carbocycles. The van der Waals surface area contributed by atoms with Gasteiger partial charge in [-0.25, -0.2) is 0 Å². The molecule has 0 aliphatic heterocycles. The fourth-order valence-corrected chi connectivity index (χ4v) is 1.14. The van der Waals surface area contributed by atoms with E-state index in [1.807, 2.05) is 0 Å². The lowest BCUT2D eigenvalue weighted by Gasteiger charge is -2.32. The molecule has 1 aliphatic rings. The van der Waals surface area contributed by atoms with Crippen molar-refractivity contribution in [1.82, 2.24) is 0 Å². The van der Waals surface area contributed by atoms with E-state index in [1.165, 1.54) is 13.2 Å². The maximum absolute atomic E-state index is 9.66. The van der Waals surface area contributed by atoms with Crippen molar-refractivity contribution in [3.05, 3.63) is 24.0 Å². The zero-order chi connectivity index (χ0) is 9.19. The first kappa shape index (κ1) is 9.25. The zero-order valence-corrected chi connectivity index (χ0v) is 6.77. The minimum Gasteiger partial charge on any atom is -0.509 e. The first-order valence-corrected chi connectivity index (χ1v) is 3.59. The monoisotopic (exact) mass is 172 g/mol. The Labute approximate surface area is 70.4 Å². The summed E-state index contributed by atoms with van der Waals surface area (Å²) in [6.07, 6.45) is 3.75. The van der Waals surface area contributed by atoms with E-state index in [0.717, 1.165) is 0 Å². The molecule has 0 aromatic rings. The van der Waals surface area contributed by atoms with Crippen LogP contribution in [0.25, 0.3) is 0 Å². The van der Waals surface area contributed by atoms with Gasteiger partial charge < -0.3 is 20.1 Å². The predicted molar refractivity (Wildman–Crippen MR) is 42.7 cm³/mol. The van der Waals surface area contributed by atoms with Gasteiger partial charge in [0.1, 0.15) is 11.9 Å². The lowest BCUT2D eigenvalue weighted by atomic mass is 9.91. The predicted octanol–water partition coefficient (Wildman–Crippen LogP) is -0.264. The maximum Gasteiger partial charge on any atom is 0.174 e. The van der Waals surface area contributed by atoms with Crippen molar-refractivity contribution in [2.24, 2.45) is 0 Å². The summed E-state index contributed by atoms with van der Waals surface area (Å²) < 4.78 is 4.87. The Balaban J connectivity index is 2.93. The molecule has 0 saturated heterocycles. The molecule has 0 fully saturated rings. The third-order valence-corrected chi connectivity index (χ3v) is 1.95. The van der Waals surface area contributed by atoms with Crippen molar-refractivity contribution in [3.63, 3.8) is 0 Å². The van der Waals surface area contributed by atoms with E-state index in [4.69, 9.17) is 9.84 Å². The smallest absolute Gasteiger partial charge is 0.174 e. The van der Waals surface area contributed by atoms with Crippen molar-refractivity contribution in [3.8, 4) is 0 Å². The molecule has 0 radical (unpaired) electrons. The number of hydrogen-bond donors (Lipinski definition) is 3. The Bertz CT molecular complexity index is 221. The van der Waals surface area contributed by atoms with Crippen molar-refractivity contribution in [2.75, 3.05) is 13.7 Å². The van der Waals surface area contributed by atoms with Gasteiger partial charge in [0, 0.05) is 7.11 Å². The van der Waals surface area contributed by atoms with Crippen molar-refractivity contribution >= 4 is 0 Å². The van der Waals surface area contributed by atoms with Gasteiger partial charge in [0.2, 0.25) is 0 Å². The van der Waals surface area contributed by atoms with Gasteiger partial charge in [-0.3, -0.25) is 0 Å². The average molecular weight is 172 g/mol. The molecule has 0 aromatic heterocycles. The average Bonchev–Trinajstić information content (AvgIpc) is 2.10. The summed E-state index contributed by atoms with van der Waals surface area (Å²) in [5.41, 5.74) is -1.69. The largest absolute Gasteiger partial charge is 0.509 e. The maximum atomic E-state index is 9.66. The first-order valence-electron chi connectivity index (χ1n) is 3.59. The molecule has 2 atom stereocenters. The number of ether oxygens (including phenoxy) is 1. The van der Waals surface area contributed by atoms with Crippen LogP contribution in [0.3, 0.4) is 0 Å². The van der Waals surface area contributed by atoms with Crippen LogP contribution >= 0.6 is 0 Å². The van der Waals surface area contributed by atoms with Crippen LogP contribution in [0.5, 0.6) is 0 Å². The van der Waals surface area contributed by atoms with Crippen molar-refractivity contribution in [1.29, 1.82) is 0 Å². The SMILES string of the molecule is COC1C=CC=C(O)C1(O)CO. The number of rotatable bonds is 2. The zero-order valence-electron chi connectivity index (χ0n) is 6.77. The minimum absolute atomic E-state index is 0.278. The first-order chi connectivity index (χ1) is 5.65. The van der Waals surface area contributed by atoms with Crippen LogP contribution in [0.15, 0.2) is 24.0 Å². The molecule has 0 saturated carbocycles. The third kappa shape index (κ3) is 1.24. The molecule has 1 rings (SSSR count). The number of aliphatic hydroxyl groups is 3. The molecule has 12 heavy (non-hydrogen) atoms. The molecular weight excluding hydrogens is 160 g/mol. The van der Waals surface area contributed by atoms with Gasteiger partial charge in [-0.05, 0) is 6.08 Å². The summed E-state index contributed by atoms with van der Waals surface area (Å²) in [6.45, 7) is -0.571. The van der Waals surface area contributed by atoms with Crippen LogP contribution in [-0.2, 0) is 4.74 Å². The van der Waals surface area contributed by atoms with Gasteiger partial charge in [-0.1, -0.05) is 12.2 Å². The standard InChI is InChI=1S/C8H12O4/c1-12-7-4-2-3-6(10)8(7,11)5-9/h2-4,7,9-11H,5H2,1H3. The van der Waals surface area contributed by atoms with Gasteiger partial charge >= 0.3 is 0 Å². The summed E-state index contributed by atoms with van der Waals surface area (Å²) >= 11 is 0. The summed E-state index contributed by atoms with van der Waals surface area (Å²) in [5, 5.41) is 27.8. The van der Waals surface area contributed by atoms with E-state index in [2.05, 4.69) is 0 Å². The van der Waals surface area contributed by atoms with Crippen LogP contribution in [0.2, 0.25) is 0 Å². The van der Waals surface area contributed by atoms with E-state index in [1.54, 1.807) is 12.2 Å². The number of hydrogen-bond acceptors (Lipinski definition) is 4. The van der Waals surface area contributed by atoms with Crippen LogP contribution in [0.1, 0.15) is 0 Å². The number of allylic oxidation sites excluding steroid dienone is 2. The molecule has 4 heteroatoms. The third-order valence-electron chi connectivity index (χ3n) is 1.95. The van der Waals surface area contributed by atoms with E-state index in [0.29, 0.717) is 0 Å². The van der Waals surface area contributed by atoms with E-state index >= 15 is 0 Å². The van der Waals surface area contributed by atoms with E-state index in [9.17, 15) is 10.2 Å². The number of methoxy groups -OCH3 is 1. The molecule has 68 valence electrons. The Kier molecular flexibility index (Phi) is 2.52. The molecule has 1 aliphatic carbocycles. The lowest BCUT2D eigenvalue weighted by molar-refractivity contribution is -0.0966. The van der Waals surface area contributed by atoms with E-state index in [-0.39, 0.29) is 5.76 Å². The van der Waals surface area contributed by atoms with Crippen molar-refractivity contribution < 1.29 is 20.1 Å². The lowest BCUT2D eigenvalue weighted by Crippen LogP contribution is -2.48. The van der Waals surface area contributed by atoms with Crippen LogP contribution in [-0.4, -0.2) is 40.7 Å². The van der Waals surface area contributed by atoms with Crippen LogP contribution in [0, 0.1) is 0 Å². The minimum atomic E-state index is -1.69. The highest BCUT2D eigenvalue weighted by Crippen LogP contribution is 2.25. The Morgan fingerprint density at radius 3 is 2.75 bits per heavy atom. The summed E-state index contributed by atoms with van der Waals surface area (Å²) in [7, 11) is 1.40. The highest BCUT2D eigenvalue weighted by atomic mass is 16.5. The fourth-order valence-electron chi connectivity index (χ4n) is 1.14. The second-order valence-corrected chi connectivity index (χ2v) is 2.68. The van der Waals surface area contributed by atoms with Crippen LogP contribution in [0.4, 0.5) is 0 Å². The molecular formula is C8H12O4. The molecule has 4 nitrogen and oxygen atoms in total. The summed E-state index contributed by atoms with van der Waals surface area (Å²) in [5.74, 6) is -0.278. The second-order valence-electron chi connectivity index (χ2n) is 2.68. The molecule has 0 bridgehead atoms. The van der Waals surface area contributed by atoms with Crippen LogP contribution < -0.4 is 0 Å². The Morgan fingerprint density at radius 2 is 2.33 bits per heavy atom. The number of aliphatic hydroxyl groups excluding tert-OH is 2. The second kappa shape index (κ2) is 3.26. The normalized spacial score (nSPS) is 34.9. The fraction of sp³-hybridized carbons (Fsp3) is 0.500. The molecule has 0 amide bonds. The highest BCUT2D eigenvalue weighted by Gasteiger charge is 2.40. The Hall–Kier alpha value is -0.840. The summed E-state index contributed by atoms with van der Waals surface area (Å²) in [4.78, 5) is 0. The van der Waals surface area contributed by atoms with Gasteiger partial charge in [0.25, 0.3) is 0 Å². The van der Waals surface area contributed by atoms with Gasteiger partial charge in [-0.15, -0.1) is 0 Å². The quantitative estimate of drug-likeness (QED) is 0.536. The Morgan fingerprint density at radius 1 is 1.67 bits per heavy atom. The molecule has 3 N–H and O–H groups in total. The summed E-state index contributed by atoms with van der Waals surface area (Å²) in [6, 6.07) is 0. The van der Waals surface area contributed by atoms with Crippen molar-refractivity contribution in [2.45, 2.75) is 11.7 Å². The molecule has 0 spiro atoms. The van der Waals surface area contributed by atoms with E-state index < -0.39 is 18.3 Å². The van der Waals surface area contributed by atoms with Gasteiger partial charge in [0.15, 0.2) is 5.60 Å². The van der Waals surface area contributed by atoms with Gasteiger partial charge in [-0.2, -0.15) is 0 Å². The topological polar surface area (TPSA) is 69.9 Å². The van der Waals surface area contributed by atoms with Gasteiger partial charge in [0.05, 0.1) is 6.61 Å².